The van der Waals surface area contributed by atoms with Crippen LogP contribution in [-0.4, -0.2) is 19.8 Å². The first-order valence-corrected chi connectivity index (χ1v) is 4.26. The van der Waals surface area contributed by atoms with Gasteiger partial charge in [0.25, 0.3) is 0 Å². The van der Waals surface area contributed by atoms with Crippen LogP contribution in [-0.2, 0) is 4.74 Å². The molecule has 1 N–H and O–H groups in total. The molecule has 0 bridgehead atoms. The van der Waals surface area contributed by atoms with E-state index in [1.807, 2.05) is 0 Å². The summed E-state index contributed by atoms with van der Waals surface area (Å²) in [5.41, 5.74) is 1.01. The zero-order chi connectivity index (χ0) is 8.10. The van der Waals surface area contributed by atoms with Gasteiger partial charge >= 0.3 is 0 Å². The van der Waals surface area contributed by atoms with Crippen molar-refractivity contribution < 1.29 is 4.74 Å². The van der Waals surface area contributed by atoms with E-state index in [0.29, 0.717) is 12.6 Å². The number of nitrogens with one attached hydrogen (secondary N) is 1. The third kappa shape index (κ3) is 2.93. The van der Waals surface area contributed by atoms with Crippen LogP contribution in [0.1, 0.15) is 25.7 Å². The highest BCUT2D eigenvalue weighted by atomic mass is 16.5. The molecule has 0 atom stereocenters. The number of hydrogen-bond acceptors (Lipinski definition) is 2. The Bertz CT molecular complexity index is 128. The van der Waals surface area contributed by atoms with Gasteiger partial charge in [-0.15, -0.1) is 0 Å². The molecule has 2 heteroatoms. The van der Waals surface area contributed by atoms with Crippen molar-refractivity contribution in [2.75, 3.05) is 13.7 Å². The summed E-state index contributed by atoms with van der Waals surface area (Å²) in [6, 6.07) is 0.664. The molecule has 1 saturated carbocycles. The van der Waals surface area contributed by atoms with E-state index in [1.165, 1.54) is 25.7 Å². The van der Waals surface area contributed by atoms with Crippen molar-refractivity contribution in [1.82, 2.24) is 5.32 Å². The maximum atomic E-state index is 4.95. The summed E-state index contributed by atoms with van der Waals surface area (Å²) in [5.74, 6) is 0. The van der Waals surface area contributed by atoms with E-state index in [9.17, 15) is 0 Å². The Morgan fingerprint density at radius 1 is 1.55 bits per heavy atom. The lowest BCUT2D eigenvalue weighted by Gasteiger charge is -2.14. The number of ether oxygens (including phenoxy) is 1. The molecule has 0 unspecified atom stereocenters. The SMILES string of the molecule is C=C(COC)NC1CCCC1. The van der Waals surface area contributed by atoms with E-state index < -0.39 is 0 Å². The summed E-state index contributed by atoms with van der Waals surface area (Å²) in [7, 11) is 1.70. The average molecular weight is 155 g/mol. The van der Waals surface area contributed by atoms with E-state index in [-0.39, 0.29) is 0 Å². The van der Waals surface area contributed by atoms with E-state index in [0.717, 1.165) is 5.70 Å². The molecule has 0 aromatic heterocycles. The van der Waals surface area contributed by atoms with Gasteiger partial charge in [0.1, 0.15) is 0 Å². The summed E-state index contributed by atoms with van der Waals surface area (Å²) >= 11 is 0. The second-order valence-electron chi connectivity index (χ2n) is 3.16. The minimum atomic E-state index is 0.635. The molecule has 1 aliphatic rings. The van der Waals surface area contributed by atoms with Gasteiger partial charge in [0, 0.05) is 18.8 Å². The molecule has 1 rings (SSSR count). The average Bonchev–Trinajstić information content (AvgIpc) is 2.40. The fourth-order valence-electron chi connectivity index (χ4n) is 1.57. The zero-order valence-electron chi connectivity index (χ0n) is 7.23. The molecule has 0 spiro atoms. The van der Waals surface area contributed by atoms with E-state index in [2.05, 4.69) is 11.9 Å². The lowest BCUT2D eigenvalue weighted by atomic mass is 10.2. The fraction of sp³-hybridized carbons (Fsp3) is 0.778. The third-order valence-electron chi connectivity index (χ3n) is 2.08. The van der Waals surface area contributed by atoms with Gasteiger partial charge in [-0.3, -0.25) is 0 Å². The summed E-state index contributed by atoms with van der Waals surface area (Å²) in [5, 5.41) is 3.36. The summed E-state index contributed by atoms with van der Waals surface area (Å²) in [6.45, 7) is 4.51. The first-order valence-electron chi connectivity index (χ1n) is 4.26. The Kier molecular flexibility index (Phi) is 3.43. The van der Waals surface area contributed by atoms with E-state index in [1.54, 1.807) is 7.11 Å². The Hall–Kier alpha value is -0.500. The van der Waals surface area contributed by atoms with Gasteiger partial charge < -0.3 is 10.1 Å². The van der Waals surface area contributed by atoms with Crippen LogP contribution in [0.15, 0.2) is 12.3 Å². The second-order valence-corrected chi connectivity index (χ2v) is 3.16. The normalized spacial score (nSPS) is 18.6. The molecule has 0 saturated heterocycles. The van der Waals surface area contributed by atoms with Gasteiger partial charge in [0.15, 0.2) is 0 Å². The van der Waals surface area contributed by atoms with Gasteiger partial charge in [0.05, 0.1) is 6.61 Å². The Labute approximate surface area is 68.6 Å². The van der Waals surface area contributed by atoms with Crippen molar-refractivity contribution in [3.8, 4) is 0 Å². The predicted octanol–water partition coefficient (Wildman–Crippen LogP) is 1.68. The Balaban J connectivity index is 2.13. The summed E-state index contributed by atoms with van der Waals surface area (Å²) < 4.78 is 4.95. The molecule has 2 nitrogen and oxygen atoms in total. The molecular formula is C9H17NO. The maximum absolute atomic E-state index is 4.95. The lowest BCUT2D eigenvalue weighted by Crippen LogP contribution is -2.26. The number of rotatable bonds is 4. The van der Waals surface area contributed by atoms with Crippen molar-refractivity contribution in [3.63, 3.8) is 0 Å². The molecule has 1 aliphatic carbocycles. The Morgan fingerprint density at radius 2 is 2.18 bits per heavy atom. The van der Waals surface area contributed by atoms with Crippen LogP contribution in [0, 0.1) is 0 Å². The van der Waals surface area contributed by atoms with Crippen LogP contribution in [0.5, 0.6) is 0 Å². The van der Waals surface area contributed by atoms with Crippen molar-refractivity contribution in [2.45, 2.75) is 31.7 Å². The van der Waals surface area contributed by atoms with Gasteiger partial charge in [0.2, 0.25) is 0 Å². The number of methoxy groups -OCH3 is 1. The third-order valence-corrected chi connectivity index (χ3v) is 2.08. The highest BCUT2D eigenvalue weighted by Gasteiger charge is 2.14. The summed E-state index contributed by atoms with van der Waals surface area (Å²) in [4.78, 5) is 0. The van der Waals surface area contributed by atoms with E-state index in [4.69, 9.17) is 4.74 Å². The van der Waals surface area contributed by atoms with Crippen LogP contribution in [0.4, 0.5) is 0 Å². The van der Waals surface area contributed by atoms with Gasteiger partial charge in [-0.25, -0.2) is 0 Å². The molecule has 64 valence electrons. The molecule has 1 fully saturated rings. The smallest absolute Gasteiger partial charge is 0.0852 e. The Morgan fingerprint density at radius 3 is 2.73 bits per heavy atom. The van der Waals surface area contributed by atoms with Crippen molar-refractivity contribution in [2.24, 2.45) is 0 Å². The first kappa shape index (κ1) is 8.60. The standard InChI is InChI=1S/C9H17NO/c1-8(7-11-2)10-9-5-3-4-6-9/h9-10H,1,3-7H2,2H3. The predicted molar refractivity (Wildman–Crippen MR) is 46.4 cm³/mol. The van der Waals surface area contributed by atoms with Crippen molar-refractivity contribution in [3.05, 3.63) is 12.3 Å². The molecule has 0 radical (unpaired) electrons. The van der Waals surface area contributed by atoms with Gasteiger partial charge in [-0.2, -0.15) is 0 Å². The lowest BCUT2D eigenvalue weighted by molar-refractivity contribution is 0.218. The molecule has 0 aromatic rings. The maximum Gasteiger partial charge on any atom is 0.0852 e. The van der Waals surface area contributed by atoms with Crippen LogP contribution in [0.2, 0.25) is 0 Å². The van der Waals surface area contributed by atoms with Crippen LogP contribution >= 0.6 is 0 Å². The highest BCUT2D eigenvalue weighted by Crippen LogP contribution is 2.18. The largest absolute Gasteiger partial charge is 0.384 e. The molecule has 0 heterocycles. The monoisotopic (exact) mass is 155 g/mol. The molecule has 0 amide bonds. The molecular weight excluding hydrogens is 138 g/mol. The highest BCUT2D eigenvalue weighted by molar-refractivity contribution is 4.94. The second kappa shape index (κ2) is 4.39. The molecule has 11 heavy (non-hydrogen) atoms. The van der Waals surface area contributed by atoms with Crippen LogP contribution < -0.4 is 5.32 Å². The first-order chi connectivity index (χ1) is 5.33. The molecule has 0 aromatic carbocycles. The van der Waals surface area contributed by atoms with Crippen LogP contribution in [0.3, 0.4) is 0 Å². The minimum absolute atomic E-state index is 0.635. The van der Waals surface area contributed by atoms with E-state index >= 15 is 0 Å². The van der Waals surface area contributed by atoms with Crippen molar-refractivity contribution in [1.29, 1.82) is 0 Å². The topological polar surface area (TPSA) is 21.3 Å². The van der Waals surface area contributed by atoms with Gasteiger partial charge in [-0.1, -0.05) is 19.4 Å². The molecule has 0 aliphatic heterocycles. The fourth-order valence-corrected chi connectivity index (χ4v) is 1.57. The number of hydrogen-bond donors (Lipinski definition) is 1. The van der Waals surface area contributed by atoms with Crippen molar-refractivity contribution >= 4 is 0 Å². The quantitative estimate of drug-likeness (QED) is 0.667. The zero-order valence-corrected chi connectivity index (χ0v) is 7.23. The van der Waals surface area contributed by atoms with Gasteiger partial charge in [-0.05, 0) is 12.8 Å². The van der Waals surface area contributed by atoms with Crippen LogP contribution in [0.25, 0.3) is 0 Å². The summed E-state index contributed by atoms with van der Waals surface area (Å²) in [6.07, 6.45) is 5.31. The minimum Gasteiger partial charge on any atom is -0.384 e.